The molecule has 1 unspecified atom stereocenters. The molecule has 0 saturated carbocycles. The van der Waals surface area contributed by atoms with E-state index in [2.05, 4.69) is 25.1 Å². The van der Waals surface area contributed by atoms with Gasteiger partial charge in [-0.3, -0.25) is 0 Å². The van der Waals surface area contributed by atoms with Crippen LogP contribution in [0.25, 0.3) is 0 Å². The van der Waals surface area contributed by atoms with Crippen LogP contribution in [-0.4, -0.2) is 0 Å². The zero-order valence-corrected chi connectivity index (χ0v) is 6.80. The Labute approximate surface area is 92.8 Å². The van der Waals surface area contributed by atoms with Crippen LogP contribution < -0.4 is 0 Å². The van der Waals surface area contributed by atoms with Crippen LogP contribution in [0.1, 0.15) is 62.8 Å². The van der Waals surface area contributed by atoms with Crippen LogP contribution in [0, 0.1) is 17.2 Å². The van der Waals surface area contributed by atoms with Crippen molar-refractivity contribution in [1.29, 1.82) is 5.26 Å². The van der Waals surface area contributed by atoms with Crippen molar-refractivity contribution in [1.82, 2.24) is 0 Å². The molecule has 0 amide bonds. The molecule has 0 aromatic carbocycles. The summed E-state index contributed by atoms with van der Waals surface area (Å²) in [5, 5.41) is 8.42. The topological polar surface area (TPSA) is 23.8 Å². The first kappa shape index (κ1) is 29.2. The third-order valence-electron chi connectivity index (χ3n) is 1.39. The van der Waals surface area contributed by atoms with Crippen LogP contribution in [0.15, 0.2) is 12.2 Å². The van der Waals surface area contributed by atoms with Gasteiger partial charge in [0, 0.05) is 5.92 Å². The van der Waals surface area contributed by atoms with Crippen molar-refractivity contribution in [2.24, 2.45) is 5.92 Å². The predicted molar refractivity (Wildman–Crippen MR) is 70.4 cm³/mol. The molecule has 0 bridgehead atoms. The van der Waals surface area contributed by atoms with Crippen LogP contribution in [-0.2, 0) is 0 Å². The zero-order chi connectivity index (χ0) is 7.82. The molecule has 0 rings (SSSR count). The smallest absolute Gasteiger partial charge is 0.0652 e. The molecule has 0 aromatic rings. The molecule has 0 radical (unpaired) electrons. The van der Waals surface area contributed by atoms with Crippen molar-refractivity contribution < 1.29 is 0 Å². The van der Waals surface area contributed by atoms with Crippen LogP contribution in [0.5, 0.6) is 0 Å². The molecule has 88 valence electrons. The molecule has 0 saturated heterocycles. The molecule has 14 heavy (non-hydrogen) atoms. The highest BCUT2D eigenvalue weighted by atomic mass is 14.2. The molecule has 0 aliphatic rings. The van der Waals surface area contributed by atoms with E-state index in [4.69, 9.17) is 5.26 Å². The Balaban J connectivity index is -0.0000000675. The monoisotopic (exact) mass is 201 g/mol. The second-order valence-corrected chi connectivity index (χ2v) is 2.49. The zero-order valence-electron chi connectivity index (χ0n) is 6.80. The largest absolute Gasteiger partial charge is 0.198 e. The molecular formula is C13H31N. The maximum absolute atomic E-state index is 8.42. The Morgan fingerprint density at radius 2 is 1.64 bits per heavy atom. The highest BCUT2D eigenvalue weighted by Crippen LogP contribution is 2.03. The number of rotatable bonds is 4. The lowest BCUT2D eigenvalue weighted by atomic mass is 10.1. The van der Waals surface area contributed by atoms with E-state index < -0.39 is 0 Å². The molecular weight excluding hydrogens is 170 g/mol. The number of nitrogens with zero attached hydrogens (tertiary/aromatic N) is 1. The lowest BCUT2D eigenvalue weighted by Gasteiger charge is -1.95. The molecule has 1 nitrogen and oxygen atoms in total. The predicted octanol–water partition coefficient (Wildman–Crippen LogP) is 5.44. The fourth-order valence-electron chi connectivity index (χ4n) is 0.695. The third-order valence-corrected chi connectivity index (χ3v) is 1.39. The summed E-state index contributed by atoms with van der Waals surface area (Å²) in [6, 6.07) is 2.21. The second-order valence-electron chi connectivity index (χ2n) is 2.49. The van der Waals surface area contributed by atoms with Gasteiger partial charge in [0.25, 0.3) is 0 Å². The van der Waals surface area contributed by atoms with Gasteiger partial charge in [-0.1, -0.05) is 48.8 Å². The lowest BCUT2D eigenvalue weighted by Crippen LogP contribution is -1.86. The number of hydrogen-bond acceptors (Lipinski definition) is 1. The van der Waals surface area contributed by atoms with Gasteiger partial charge in [0.15, 0.2) is 0 Å². The minimum absolute atomic E-state index is 0. The van der Waals surface area contributed by atoms with E-state index in [1.165, 1.54) is 0 Å². The van der Waals surface area contributed by atoms with Crippen LogP contribution in [0.3, 0.4) is 0 Å². The third kappa shape index (κ3) is 22.5. The molecule has 1 heteroatoms. The second kappa shape index (κ2) is 22.8. The summed E-state index contributed by atoms with van der Waals surface area (Å²) in [4.78, 5) is 0. The highest BCUT2D eigenvalue weighted by molar-refractivity contribution is 4.85. The molecule has 0 fully saturated rings. The highest BCUT2D eigenvalue weighted by Gasteiger charge is 1.94. The van der Waals surface area contributed by atoms with Crippen molar-refractivity contribution >= 4 is 0 Å². The quantitative estimate of drug-likeness (QED) is 0.556. The minimum Gasteiger partial charge on any atom is -0.198 e. The standard InChI is InChI=1S/C9H15N.4CH4/c1-3-4-5-6-7-9(2)8-10;;;;/h4-5,9H,3,6-7H2,1-2H3;4*1H4. The van der Waals surface area contributed by atoms with E-state index in [0.29, 0.717) is 0 Å². The van der Waals surface area contributed by atoms with E-state index in [1.54, 1.807) is 0 Å². The van der Waals surface area contributed by atoms with Crippen molar-refractivity contribution in [2.75, 3.05) is 0 Å². The Kier molecular flexibility index (Phi) is 47.5. The lowest BCUT2D eigenvalue weighted by molar-refractivity contribution is 0.670. The first-order chi connectivity index (χ1) is 4.81. The van der Waals surface area contributed by atoms with Gasteiger partial charge in [0.1, 0.15) is 0 Å². The first-order valence-corrected chi connectivity index (χ1v) is 3.85. The van der Waals surface area contributed by atoms with E-state index in [-0.39, 0.29) is 35.6 Å². The van der Waals surface area contributed by atoms with Gasteiger partial charge < -0.3 is 0 Å². The molecule has 0 spiro atoms. The van der Waals surface area contributed by atoms with Crippen LogP contribution >= 0.6 is 0 Å². The first-order valence-electron chi connectivity index (χ1n) is 3.85. The molecule has 0 aromatic heterocycles. The fourth-order valence-corrected chi connectivity index (χ4v) is 0.695. The van der Waals surface area contributed by atoms with Crippen LogP contribution in [0.4, 0.5) is 0 Å². The summed E-state index contributed by atoms with van der Waals surface area (Å²) in [5.41, 5.74) is 0. The molecule has 0 aliphatic carbocycles. The van der Waals surface area contributed by atoms with Gasteiger partial charge in [0.2, 0.25) is 0 Å². The van der Waals surface area contributed by atoms with Gasteiger partial charge >= 0.3 is 0 Å². The van der Waals surface area contributed by atoms with Gasteiger partial charge in [-0.25, -0.2) is 0 Å². The Hall–Kier alpha value is -0.770. The molecule has 0 aliphatic heterocycles. The summed E-state index contributed by atoms with van der Waals surface area (Å²) < 4.78 is 0. The van der Waals surface area contributed by atoms with Gasteiger partial charge in [-0.2, -0.15) is 5.26 Å². The minimum atomic E-state index is 0. The number of hydrogen-bond donors (Lipinski definition) is 0. The van der Waals surface area contributed by atoms with Gasteiger partial charge in [-0.05, 0) is 26.2 Å². The Morgan fingerprint density at radius 3 is 2.00 bits per heavy atom. The molecule has 0 heterocycles. The van der Waals surface area contributed by atoms with E-state index >= 15 is 0 Å². The Bertz CT molecular complexity index is 131. The maximum Gasteiger partial charge on any atom is 0.0652 e. The Morgan fingerprint density at radius 1 is 1.14 bits per heavy atom. The maximum atomic E-state index is 8.42. The van der Waals surface area contributed by atoms with E-state index in [9.17, 15) is 0 Å². The average Bonchev–Trinajstić information content (AvgIpc) is 1.98. The summed E-state index contributed by atoms with van der Waals surface area (Å²) in [6.07, 6.45) is 7.43. The summed E-state index contributed by atoms with van der Waals surface area (Å²) in [5.74, 6) is 0.210. The van der Waals surface area contributed by atoms with E-state index in [1.807, 2.05) is 6.92 Å². The van der Waals surface area contributed by atoms with Crippen molar-refractivity contribution in [3.05, 3.63) is 12.2 Å². The molecule has 0 N–H and O–H groups in total. The van der Waals surface area contributed by atoms with Gasteiger partial charge in [0.05, 0.1) is 6.07 Å². The summed E-state index contributed by atoms with van der Waals surface area (Å²) in [7, 11) is 0. The van der Waals surface area contributed by atoms with E-state index in [0.717, 1.165) is 19.3 Å². The van der Waals surface area contributed by atoms with Gasteiger partial charge in [-0.15, -0.1) is 0 Å². The van der Waals surface area contributed by atoms with Crippen molar-refractivity contribution in [3.8, 4) is 6.07 Å². The average molecular weight is 201 g/mol. The normalized spacial score (nSPS) is 9.50. The fraction of sp³-hybridized carbons (Fsp3) is 0.769. The van der Waals surface area contributed by atoms with Crippen LogP contribution in [0.2, 0.25) is 0 Å². The molecule has 1 atom stereocenters. The van der Waals surface area contributed by atoms with Crippen molar-refractivity contribution in [2.45, 2.75) is 62.8 Å². The SMILES string of the molecule is C.C.C.C.CCC=CCCC(C)C#N. The number of nitriles is 1. The van der Waals surface area contributed by atoms with Crippen molar-refractivity contribution in [3.63, 3.8) is 0 Å². The summed E-state index contributed by atoms with van der Waals surface area (Å²) in [6.45, 7) is 4.07. The number of allylic oxidation sites excluding steroid dienone is 2. The summed E-state index contributed by atoms with van der Waals surface area (Å²) >= 11 is 0.